The van der Waals surface area contributed by atoms with Crippen molar-refractivity contribution in [3.05, 3.63) is 28.2 Å². The standard InChI is InChI=1S/C25H36BCl2N7O2/c26-34-9-5-19(6-10-34)17-32-12-14-33(15-13-32)18-25(37)29-8-1-2-24(36)30-23-7-11-35(31-23)20-3-4-21(27)22(28)16-20/h3-4,16,19H,1-2,5-15,17-18H2,(H,29,37)(H,30,31,36). The number of carbonyl (C=O) groups excluding carboxylic acids is 2. The molecule has 2 fully saturated rings. The van der Waals surface area contributed by atoms with E-state index in [0.29, 0.717) is 54.8 Å². The molecule has 37 heavy (non-hydrogen) atoms. The molecule has 0 atom stereocenters. The molecular formula is C25H36BCl2N7O2. The van der Waals surface area contributed by atoms with Gasteiger partial charge in [0.1, 0.15) is 5.84 Å². The van der Waals surface area contributed by atoms with E-state index in [2.05, 4.69) is 25.5 Å². The Morgan fingerprint density at radius 1 is 0.973 bits per heavy atom. The van der Waals surface area contributed by atoms with Crippen LogP contribution in [-0.2, 0) is 9.59 Å². The zero-order chi connectivity index (χ0) is 26.2. The molecule has 12 heteroatoms. The van der Waals surface area contributed by atoms with Crippen molar-refractivity contribution >= 4 is 54.5 Å². The Labute approximate surface area is 230 Å². The fraction of sp³-hybridized carbons (Fsp3) is 0.640. The topological polar surface area (TPSA) is 83.5 Å². The molecule has 2 radical (unpaired) electrons. The zero-order valence-electron chi connectivity index (χ0n) is 21.3. The molecule has 4 rings (SSSR count). The van der Waals surface area contributed by atoms with Crippen LogP contribution in [0.2, 0.25) is 10.0 Å². The largest absolute Gasteiger partial charge is 0.355 e. The Bertz CT molecular complexity index is 966. The van der Waals surface area contributed by atoms with Crippen LogP contribution in [0.15, 0.2) is 23.3 Å². The average molecular weight is 548 g/mol. The molecule has 1 aromatic rings. The molecule has 0 unspecified atom stereocenters. The van der Waals surface area contributed by atoms with Gasteiger partial charge in [-0.1, -0.05) is 23.2 Å². The van der Waals surface area contributed by atoms with Gasteiger partial charge in [0.25, 0.3) is 0 Å². The van der Waals surface area contributed by atoms with Gasteiger partial charge in [-0.15, -0.1) is 0 Å². The van der Waals surface area contributed by atoms with Crippen molar-refractivity contribution in [2.24, 2.45) is 11.0 Å². The first-order chi connectivity index (χ1) is 17.9. The Hall–Kier alpha value is -1.85. The molecule has 2 saturated heterocycles. The second-order valence-electron chi connectivity index (χ2n) is 10.1. The summed E-state index contributed by atoms with van der Waals surface area (Å²) in [5.41, 5.74) is 0.829. The quantitative estimate of drug-likeness (QED) is 0.363. The van der Waals surface area contributed by atoms with E-state index in [4.69, 9.17) is 31.2 Å². The van der Waals surface area contributed by atoms with E-state index in [0.717, 1.165) is 57.4 Å². The maximum Gasteiger partial charge on any atom is 0.234 e. The lowest BCUT2D eigenvalue weighted by Gasteiger charge is -2.38. The number of halogens is 2. The second kappa shape index (κ2) is 13.8. The summed E-state index contributed by atoms with van der Waals surface area (Å²) in [4.78, 5) is 31.3. The smallest absolute Gasteiger partial charge is 0.234 e. The lowest BCUT2D eigenvalue weighted by Crippen LogP contribution is -2.51. The highest BCUT2D eigenvalue weighted by Gasteiger charge is 2.23. The molecule has 0 saturated carbocycles. The average Bonchev–Trinajstić information content (AvgIpc) is 3.34. The number of nitrogens with one attached hydrogen (secondary N) is 2. The van der Waals surface area contributed by atoms with E-state index in [9.17, 15) is 9.59 Å². The summed E-state index contributed by atoms with van der Waals surface area (Å²) in [6, 6.07) is 5.33. The van der Waals surface area contributed by atoms with Crippen molar-refractivity contribution in [2.75, 3.05) is 70.5 Å². The van der Waals surface area contributed by atoms with Crippen LogP contribution < -0.4 is 15.6 Å². The number of amidine groups is 1. The first kappa shape index (κ1) is 28.2. The van der Waals surface area contributed by atoms with Crippen molar-refractivity contribution in [1.29, 1.82) is 0 Å². The molecule has 3 aliphatic heterocycles. The van der Waals surface area contributed by atoms with Crippen molar-refractivity contribution in [1.82, 2.24) is 25.2 Å². The van der Waals surface area contributed by atoms with E-state index in [1.807, 2.05) is 10.9 Å². The van der Waals surface area contributed by atoms with Gasteiger partial charge in [-0.3, -0.25) is 19.5 Å². The molecule has 200 valence electrons. The molecule has 2 amide bonds. The van der Waals surface area contributed by atoms with Crippen molar-refractivity contribution in [3.8, 4) is 0 Å². The van der Waals surface area contributed by atoms with Gasteiger partial charge in [-0.2, -0.15) is 5.10 Å². The Morgan fingerprint density at radius 2 is 1.70 bits per heavy atom. The van der Waals surface area contributed by atoms with Gasteiger partial charge in [0.05, 0.1) is 22.3 Å². The number of amides is 2. The minimum absolute atomic E-state index is 0.0154. The summed E-state index contributed by atoms with van der Waals surface area (Å²) < 4.78 is 0. The lowest BCUT2D eigenvalue weighted by atomic mass is 9.94. The van der Waals surface area contributed by atoms with Gasteiger partial charge in [0, 0.05) is 58.7 Å². The number of hydrogen-bond donors (Lipinski definition) is 2. The highest BCUT2D eigenvalue weighted by atomic mass is 35.5. The molecule has 1 aromatic carbocycles. The Balaban J connectivity index is 1.06. The van der Waals surface area contributed by atoms with Crippen molar-refractivity contribution in [3.63, 3.8) is 0 Å². The van der Waals surface area contributed by atoms with Gasteiger partial charge in [0.2, 0.25) is 11.8 Å². The van der Waals surface area contributed by atoms with E-state index in [1.165, 1.54) is 12.8 Å². The summed E-state index contributed by atoms with van der Waals surface area (Å²) in [5.74, 6) is 1.28. The number of anilines is 1. The van der Waals surface area contributed by atoms with Gasteiger partial charge >= 0.3 is 0 Å². The molecule has 0 aliphatic carbocycles. The molecular weight excluding hydrogens is 512 g/mol. The second-order valence-corrected chi connectivity index (χ2v) is 10.9. The number of nitrogens with zero attached hydrogens (tertiary/aromatic N) is 5. The van der Waals surface area contributed by atoms with Crippen LogP contribution in [0.25, 0.3) is 0 Å². The summed E-state index contributed by atoms with van der Waals surface area (Å²) >= 11 is 12.1. The summed E-state index contributed by atoms with van der Waals surface area (Å²) in [6.07, 6.45) is 3.89. The minimum Gasteiger partial charge on any atom is -0.355 e. The zero-order valence-corrected chi connectivity index (χ0v) is 22.8. The number of rotatable bonds is 9. The SMILES string of the molecule is [B]N1CCC(CN2CCN(CC(=O)NCCCC(=O)NC3=NN(c4ccc(Cl)c(Cl)c4)CC3)CC2)CC1. The molecule has 2 N–H and O–H groups in total. The molecule has 0 bridgehead atoms. The molecule has 3 heterocycles. The monoisotopic (exact) mass is 547 g/mol. The van der Waals surface area contributed by atoms with Crippen LogP contribution >= 0.6 is 23.2 Å². The Morgan fingerprint density at radius 3 is 2.43 bits per heavy atom. The van der Waals surface area contributed by atoms with Crippen LogP contribution in [0.4, 0.5) is 5.69 Å². The first-order valence-corrected chi connectivity index (χ1v) is 13.9. The van der Waals surface area contributed by atoms with Gasteiger partial charge in [0.15, 0.2) is 7.98 Å². The van der Waals surface area contributed by atoms with Crippen LogP contribution in [0.3, 0.4) is 0 Å². The predicted molar refractivity (Wildman–Crippen MR) is 149 cm³/mol. The van der Waals surface area contributed by atoms with Crippen LogP contribution in [-0.4, -0.2) is 106 Å². The van der Waals surface area contributed by atoms with Gasteiger partial charge < -0.3 is 20.3 Å². The number of piperidine rings is 1. The first-order valence-electron chi connectivity index (χ1n) is 13.2. The van der Waals surface area contributed by atoms with Crippen LogP contribution in [0.1, 0.15) is 32.1 Å². The maximum atomic E-state index is 12.4. The number of benzene rings is 1. The third kappa shape index (κ3) is 8.85. The Kier molecular flexibility index (Phi) is 10.5. The van der Waals surface area contributed by atoms with Crippen molar-refractivity contribution < 1.29 is 9.59 Å². The number of carbonyl (C=O) groups is 2. The minimum atomic E-state index is -0.0998. The third-order valence-corrected chi connectivity index (χ3v) is 7.93. The maximum absolute atomic E-state index is 12.4. The normalized spacial score (nSPS) is 20.2. The molecule has 0 aromatic heterocycles. The van der Waals surface area contributed by atoms with Crippen LogP contribution in [0.5, 0.6) is 0 Å². The molecule has 3 aliphatic rings. The van der Waals surface area contributed by atoms with E-state index < -0.39 is 0 Å². The fourth-order valence-corrected chi connectivity index (χ4v) is 5.26. The summed E-state index contributed by atoms with van der Waals surface area (Å²) in [5, 5.41) is 13.0. The molecule has 0 spiro atoms. The lowest BCUT2D eigenvalue weighted by molar-refractivity contribution is -0.123. The highest BCUT2D eigenvalue weighted by molar-refractivity contribution is 6.42. The number of piperazine rings is 1. The van der Waals surface area contributed by atoms with Gasteiger partial charge in [-0.25, -0.2) is 0 Å². The number of hydrogen-bond acceptors (Lipinski definition) is 7. The third-order valence-electron chi connectivity index (χ3n) is 7.19. The van der Waals surface area contributed by atoms with Crippen molar-refractivity contribution in [2.45, 2.75) is 32.1 Å². The van der Waals surface area contributed by atoms with E-state index in [1.54, 1.807) is 17.1 Å². The van der Waals surface area contributed by atoms with E-state index in [-0.39, 0.29) is 11.8 Å². The summed E-state index contributed by atoms with van der Waals surface area (Å²) in [7, 11) is 5.86. The number of hydrazone groups is 1. The molecule has 9 nitrogen and oxygen atoms in total. The summed E-state index contributed by atoms with van der Waals surface area (Å²) in [6.45, 7) is 8.48. The van der Waals surface area contributed by atoms with Crippen LogP contribution in [0, 0.1) is 5.92 Å². The van der Waals surface area contributed by atoms with E-state index >= 15 is 0 Å². The van der Waals surface area contributed by atoms with Gasteiger partial charge in [-0.05, 0) is 56.5 Å². The predicted octanol–water partition coefficient (Wildman–Crippen LogP) is 1.94. The fourth-order valence-electron chi connectivity index (χ4n) is 4.97. The highest BCUT2D eigenvalue weighted by Crippen LogP contribution is 2.28.